The van der Waals surface area contributed by atoms with E-state index in [1.807, 2.05) is 0 Å². The first-order chi connectivity index (χ1) is 8.81. The van der Waals surface area contributed by atoms with Gasteiger partial charge in [0.25, 0.3) is 0 Å². The summed E-state index contributed by atoms with van der Waals surface area (Å²) in [5.41, 5.74) is 0. The van der Waals surface area contributed by atoms with Crippen molar-refractivity contribution in [2.75, 3.05) is 0 Å². The molecule has 0 saturated carbocycles. The van der Waals surface area contributed by atoms with E-state index in [1.54, 1.807) is 0 Å². The van der Waals surface area contributed by atoms with Gasteiger partial charge in [0.15, 0.2) is 0 Å². The van der Waals surface area contributed by atoms with Gasteiger partial charge in [0, 0.05) is 0 Å². The van der Waals surface area contributed by atoms with Crippen molar-refractivity contribution in [2.24, 2.45) is 5.92 Å². The Morgan fingerprint density at radius 1 is 0.667 bits per heavy atom. The quantitative estimate of drug-likeness (QED) is 0.294. The van der Waals surface area contributed by atoms with Gasteiger partial charge in [0.05, 0.1) is 0 Å². The number of rotatable bonds is 14. The predicted octanol–water partition coefficient (Wildman–Crippen LogP) is 6.94. The molecule has 1 radical (unpaired) electrons. The SMILES string of the molecule is CCCCCCCCCC[CH]C(C)CCCCC. The van der Waals surface area contributed by atoms with Crippen molar-refractivity contribution in [2.45, 2.75) is 104 Å². The highest BCUT2D eigenvalue weighted by molar-refractivity contribution is 4.72. The van der Waals surface area contributed by atoms with Crippen LogP contribution in [0.3, 0.4) is 0 Å². The number of unbranched alkanes of at least 4 members (excludes halogenated alkanes) is 10. The molecular weight excluding hydrogens is 216 g/mol. The standard InChI is InChI=1S/C18H37/c1-4-6-8-9-10-11-12-13-15-17-18(3)16-14-7-5-2/h17-18H,4-16H2,1-3H3. The normalized spacial score (nSPS) is 12.8. The molecule has 0 nitrogen and oxygen atoms in total. The van der Waals surface area contributed by atoms with E-state index < -0.39 is 0 Å². The molecule has 0 heteroatoms. The first-order valence-electron chi connectivity index (χ1n) is 8.64. The van der Waals surface area contributed by atoms with E-state index in [0.717, 1.165) is 5.92 Å². The van der Waals surface area contributed by atoms with Crippen LogP contribution in [-0.2, 0) is 0 Å². The fourth-order valence-electron chi connectivity index (χ4n) is 2.51. The molecule has 1 unspecified atom stereocenters. The molecule has 0 rings (SSSR count). The van der Waals surface area contributed by atoms with Crippen molar-refractivity contribution in [3.8, 4) is 0 Å². The van der Waals surface area contributed by atoms with E-state index >= 15 is 0 Å². The van der Waals surface area contributed by atoms with Gasteiger partial charge in [-0.1, -0.05) is 97.8 Å². The van der Waals surface area contributed by atoms with Crippen LogP contribution in [0.2, 0.25) is 0 Å². The van der Waals surface area contributed by atoms with Gasteiger partial charge in [-0.15, -0.1) is 0 Å². The molecule has 0 aromatic heterocycles. The summed E-state index contributed by atoms with van der Waals surface area (Å²) in [7, 11) is 0. The molecule has 0 bridgehead atoms. The Morgan fingerprint density at radius 2 is 1.17 bits per heavy atom. The highest BCUT2D eigenvalue weighted by Crippen LogP contribution is 2.17. The van der Waals surface area contributed by atoms with E-state index in [2.05, 4.69) is 27.2 Å². The molecule has 0 amide bonds. The molecule has 0 fully saturated rings. The lowest BCUT2D eigenvalue weighted by atomic mass is 9.96. The molecule has 0 saturated heterocycles. The molecule has 0 aliphatic carbocycles. The van der Waals surface area contributed by atoms with E-state index in [-0.39, 0.29) is 0 Å². The molecule has 0 spiro atoms. The van der Waals surface area contributed by atoms with Crippen molar-refractivity contribution in [1.82, 2.24) is 0 Å². The van der Waals surface area contributed by atoms with E-state index in [0.29, 0.717) is 0 Å². The van der Waals surface area contributed by atoms with Crippen LogP contribution in [-0.4, -0.2) is 0 Å². The zero-order valence-corrected chi connectivity index (χ0v) is 13.3. The maximum absolute atomic E-state index is 2.56. The number of hydrogen-bond acceptors (Lipinski definition) is 0. The monoisotopic (exact) mass is 253 g/mol. The summed E-state index contributed by atoms with van der Waals surface area (Å²) < 4.78 is 0. The average Bonchev–Trinajstić information content (AvgIpc) is 2.37. The minimum absolute atomic E-state index is 0.848. The van der Waals surface area contributed by atoms with Gasteiger partial charge in [-0.25, -0.2) is 0 Å². The van der Waals surface area contributed by atoms with E-state index in [1.165, 1.54) is 83.5 Å². The largest absolute Gasteiger partial charge is 0.0654 e. The topological polar surface area (TPSA) is 0 Å². The first kappa shape index (κ1) is 18.0. The van der Waals surface area contributed by atoms with Crippen LogP contribution >= 0.6 is 0 Å². The van der Waals surface area contributed by atoms with Gasteiger partial charge in [-0.05, 0) is 18.8 Å². The fraction of sp³-hybridized carbons (Fsp3) is 0.944. The summed E-state index contributed by atoms with van der Waals surface area (Å²) in [5, 5.41) is 0. The summed E-state index contributed by atoms with van der Waals surface area (Å²) in [6, 6.07) is 0. The Labute approximate surface area is 117 Å². The molecule has 1 atom stereocenters. The molecule has 18 heavy (non-hydrogen) atoms. The summed E-state index contributed by atoms with van der Waals surface area (Å²) >= 11 is 0. The van der Waals surface area contributed by atoms with Crippen LogP contribution in [0.1, 0.15) is 104 Å². The average molecular weight is 253 g/mol. The molecule has 0 aromatic rings. The van der Waals surface area contributed by atoms with E-state index in [9.17, 15) is 0 Å². The molecule has 0 aromatic carbocycles. The lowest BCUT2D eigenvalue weighted by Gasteiger charge is -2.10. The van der Waals surface area contributed by atoms with Crippen LogP contribution < -0.4 is 0 Å². The van der Waals surface area contributed by atoms with Crippen LogP contribution in [0, 0.1) is 12.3 Å². The Bertz CT molecular complexity index is 139. The van der Waals surface area contributed by atoms with Gasteiger partial charge in [-0.3, -0.25) is 0 Å². The third-order valence-corrected chi connectivity index (χ3v) is 3.89. The second-order valence-corrected chi connectivity index (χ2v) is 5.97. The van der Waals surface area contributed by atoms with Crippen molar-refractivity contribution < 1.29 is 0 Å². The molecular formula is C18H37. The van der Waals surface area contributed by atoms with Crippen LogP contribution in [0.5, 0.6) is 0 Å². The van der Waals surface area contributed by atoms with Gasteiger partial charge in [0.2, 0.25) is 0 Å². The van der Waals surface area contributed by atoms with Crippen LogP contribution in [0.15, 0.2) is 0 Å². The smallest absolute Gasteiger partial charge is 0.0358 e. The highest BCUT2D eigenvalue weighted by atomic mass is 14.1. The van der Waals surface area contributed by atoms with E-state index in [4.69, 9.17) is 0 Å². The van der Waals surface area contributed by atoms with Crippen molar-refractivity contribution in [3.05, 3.63) is 6.42 Å². The summed E-state index contributed by atoms with van der Waals surface area (Å²) in [6.07, 6.45) is 21.0. The van der Waals surface area contributed by atoms with Gasteiger partial charge < -0.3 is 0 Å². The highest BCUT2D eigenvalue weighted by Gasteiger charge is 2.01. The molecule has 0 N–H and O–H groups in total. The maximum Gasteiger partial charge on any atom is -0.0358 e. The maximum atomic E-state index is 2.56. The summed E-state index contributed by atoms with van der Waals surface area (Å²) in [6.45, 7) is 6.97. The van der Waals surface area contributed by atoms with Crippen molar-refractivity contribution in [3.63, 3.8) is 0 Å². The molecule has 0 aliphatic heterocycles. The van der Waals surface area contributed by atoms with Gasteiger partial charge >= 0.3 is 0 Å². The lowest BCUT2D eigenvalue weighted by Crippen LogP contribution is -1.95. The van der Waals surface area contributed by atoms with Crippen LogP contribution in [0.4, 0.5) is 0 Å². The third-order valence-electron chi connectivity index (χ3n) is 3.89. The Balaban J connectivity index is 3.05. The second-order valence-electron chi connectivity index (χ2n) is 5.97. The Kier molecular flexibility index (Phi) is 15.1. The van der Waals surface area contributed by atoms with Crippen LogP contribution in [0.25, 0.3) is 0 Å². The number of hydrogen-bond donors (Lipinski definition) is 0. The Morgan fingerprint density at radius 3 is 1.78 bits per heavy atom. The predicted molar refractivity (Wildman–Crippen MR) is 84.8 cm³/mol. The fourth-order valence-corrected chi connectivity index (χ4v) is 2.51. The van der Waals surface area contributed by atoms with Gasteiger partial charge in [-0.2, -0.15) is 0 Å². The minimum atomic E-state index is 0.848. The summed E-state index contributed by atoms with van der Waals surface area (Å²) in [5.74, 6) is 0.848. The third kappa shape index (κ3) is 14.1. The zero-order chi connectivity index (χ0) is 13.5. The molecule has 0 aliphatic rings. The molecule has 0 heterocycles. The second kappa shape index (κ2) is 15.1. The Hall–Kier alpha value is 0. The van der Waals surface area contributed by atoms with Crippen molar-refractivity contribution >= 4 is 0 Å². The lowest BCUT2D eigenvalue weighted by molar-refractivity contribution is 0.516. The zero-order valence-electron chi connectivity index (χ0n) is 13.3. The molecule has 109 valence electrons. The minimum Gasteiger partial charge on any atom is -0.0654 e. The summed E-state index contributed by atoms with van der Waals surface area (Å²) in [4.78, 5) is 0. The van der Waals surface area contributed by atoms with Crippen molar-refractivity contribution in [1.29, 1.82) is 0 Å². The first-order valence-corrected chi connectivity index (χ1v) is 8.64. The van der Waals surface area contributed by atoms with Gasteiger partial charge in [0.1, 0.15) is 0 Å².